The number of carbonyl (C=O) groups is 2. The van der Waals surface area contributed by atoms with Crippen molar-refractivity contribution in [3.8, 4) is 0 Å². The molecule has 2 heterocycles. The Hall–Kier alpha value is -1.91. The van der Waals surface area contributed by atoms with Gasteiger partial charge in [0.15, 0.2) is 0 Å². The molecule has 0 radical (unpaired) electrons. The zero-order chi connectivity index (χ0) is 22.7. The fourth-order valence-electron chi connectivity index (χ4n) is 8.65. The van der Waals surface area contributed by atoms with Crippen molar-refractivity contribution in [2.24, 2.45) is 34.5 Å². The molecule has 1 aromatic rings. The van der Waals surface area contributed by atoms with Gasteiger partial charge >= 0.3 is 0 Å². The number of nitrogens with zero attached hydrogens (tertiary/aromatic N) is 3. The predicted octanol–water partition coefficient (Wildman–Crippen LogP) is 4.91. The quantitative estimate of drug-likeness (QED) is 0.675. The van der Waals surface area contributed by atoms with Crippen LogP contribution in [0.2, 0.25) is 0 Å². The Morgan fingerprint density at radius 3 is 2.53 bits per heavy atom. The number of carbonyl (C=O) groups excluding carboxylic acids is 2. The van der Waals surface area contributed by atoms with Gasteiger partial charge in [0.05, 0.1) is 0 Å². The lowest BCUT2D eigenvalue weighted by Gasteiger charge is -2.61. The van der Waals surface area contributed by atoms with E-state index in [1.165, 1.54) is 32.1 Å². The Balaban J connectivity index is 1.32. The van der Waals surface area contributed by atoms with Gasteiger partial charge in [0, 0.05) is 51.1 Å². The smallest absolute Gasteiger partial charge is 0.227 e. The van der Waals surface area contributed by atoms with E-state index in [1.54, 1.807) is 12.4 Å². The van der Waals surface area contributed by atoms with Crippen molar-refractivity contribution in [1.29, 1.82) is 0 Å². The first-order chi connectivity index (χ1) is 15.3. The standard InChI is InChI=1S/C27H39N3O2/c1-26-13-9-22-20(6-8-23-27(22,2)14-10-24(31)30(23)4)21(26)7-5-18(26)17-25(32)29(3)19-11-15-28-16-12-19/h11-12,15-16,18,20-23H,5-10,13-14,17H2,1-4H3/t18-,20+,21+,22+,23-,26-,27-/m1/s1. The topological polar surface area (TPSA) is 53.5 Å². The van der Waals surface area contributed by atoms with E-state index in [2.05, 4.69) is 23.7 Å². The summed E-state index contributed by atoms with van der Waals surface area (Å²) < 4.78 is 0. The summed E-state index contributed by atoms with van der Waals surface area (Å²) in [5.74, 6) is 3.26. The molecule has 4 fully saturated rings. The van der Waals surface area contributed by atoms with Crippen LogP contribution in [0.15, 0.2) is 24.5 Å². The van der Waals surface area contributed by atoms with Gasteiger partial charge in [0.25, 0.3) is 0 Å². The highest BCUT2D eigenvalue weighted by Gasteiger charge is 2.61. The highest BCUT2D eigenvalue weighted by Crippen LogP contribution is 2.66. The van der Waals surface area contributed by atoms with Crippen LogP contribution in [0.5, 0.6) is 0 Å². The van der Waals surface area contributed by atoms with Gasteiger partial charge in [-0.15, -0.1) is 0 Å². The van der Waals surface area contributed by atoms with Crippen LogP contribution in [0.25, 0.3) is 0 Å². The van der Waals surface area contributed by atoms with Gasteiger partial charge in [-0.25, -0.2) is 0 Å². The maximum absolute atomic E-state index is 13.2. The van der Waals surface area contributed by atoms with Gasteiger partial charge in [-0.05, 0) is 91.6 Å². The predicted molar refractivity (Wildman–Crippen MR) is 126 cm³/mol. The number of aromatic nitrogens is 1. The van der Waals surface area contributed by atoms with E-state index in [0.29, 0.717) is 30.7 Å². The van der Waals surface area contributed by atoms with Crippen molar-refractivity contribution >= 4 is 17.5 Å². The molecular formula is C27H39N3O2. The highest BCUT2D eigenvalue weighted by molar-refractivity contribution is 5.92. The zero-order valence-electron chi connectivity index (χ0n) is 20.2. The number of pyridine rings is 1. The number of hydrogen-bond donors (Lipinski definition) is 0. The Labute approximate surface area is 192 Å². The molecule has 5 rings (SSSR count). The van der Waals surface area contributed by atoms with Gasteiger partial charge in [-0.3, -0.25) is 14.6 Å². The number of rotatable bonds is 3. The number of hydrogen-bond acceptors (Lipinski definition) is 3. The van der Waals surface area contributed by atoms with Gasteiger partial charge in [0.1, 0.15) is 0 Å². The van der Waals surface area contributed by atoms with Crippen LogP contribution in [0.1, 0.15) is 71.6 Å². The average Bonchev–Trinajstić information content (AvgIpc) is 3.13. The zero-order valence-corrected chi connectivity index (χ0v) is 20.2. The van der Waals surface area contributed by atoms with E-state index in [1.807, 2.05) is 31.1 Å². The lowest BCUT2D eigenvalue weighted by atomic mass is 9.46. The molecule has 174 valence electrons. The minimum Gasteiger partial charge on any atom is -0.342 e. The van der Waals surface area contributed by atoms with Gasteiger partial charge in [0.2, 0.25) is 11.8 Å². The molecule has 1 aromatic heterocycles. The summed E-state index contributed by atoms with van der Waals surface area (Å²) in [7, 11) is 3.93. The summed E-state index contributed by atoms with van der Waals surface area (Å²) >= 11 is 0. The molecule has 32 heavy (non-hydrogen) atoms. The molecule has 0 bridgehead atoms. The third-order valence-electron chi connectivity index (χ3n) is 10.6. The van der Waals surface area contributed by atoms with Crippen molar-refractivity contribution in [3.05, 3.63) is 24.5 Å². The molecule has 4 aliphatic rings. The molecule has 3 aliphatic carbocycles. The largest absolute Gasteiger partial charge is 0.342 e. The molecule has 2 amide bonds. The number of anilines is 1. The van der Waals surface area contributed by atoms with Gasteiger partial charge < -0.3 is 9.80 Å². The molecule has 0 unspecified atom stereocenters. The fourth-order valence-corrected chi connectivity index (χ4v) is 8.65. The number of amides is 2. The summed E-state index contributed by atoms with van der Waals surface area (Å²) in [5, 5.41) is 0. The first kappa shape index (κ1) is 21.9. The highest BCUT2D eigenvalue weighted by atomic mass is 16.2. The molecule has 5 nitrogen and oxygen atoms in total. The van der Waals surface area contributed by atoms with E-state index in [-0.39, 0.29) is 16.7 Å². The Kier molecular flexibility index (Phi) is 5.37. The molecule has 1 aliphatic heterocycles. The van der Waals surface area contributed by atoms with E-state index in [4.69, 9.17) is 0 Å². The summed E-state index contributed by atoms with van der Waals surface area (Å²) in [6.07, 6.45) is 13.3. The number of piperidine rings is 1. The van der Waals surface area contributed by atoms with Crippen LogP contribution >= 0.6 is 0 Å². The fraction of sp³-hybridized carbons (Fsp3) is 0.741. The second kappa shape index (κ2) is 7.85. The summed E-state index contributed by atoms with van der Waals surface area (Å²) in [6, 6.07) is 4.24. The number of likely N-dealkylation sites (tertiary alicyclic amines) is 1. The van der Waals surface area contributed by atoms with E-state index >= 15 is 0 Å². The maximum Gasteiger partial charge on any atom is 0.227 e. The Morgan fingerprint density at radius 2 is 1.78 bits per heavy atom. The lowest BCUT2D eigenvalue weighted by Crippen LogP contribution is -2.61. The third kappa shape index (κ3) is 3.21. The minimum atomic E-state index is 0.230. The first-order valence-electron chi connectivity index (χ1n) is 12.7. The molecule has 5 heteroatoms. The Morgan fingerprint density at radius 1 is 1.06 bits per heavy atom. The molecular weight excluding hydrogens is 398 g/mol. The SMILES string of the molecule is CN(C(=O)C[C@H]1CC[C@H]2[C@@H]3CC[C@H]4N(C)C(=O)CC[C@]4(C)[C@H]3CC[C@]12C)c1ccncc1. The lowest BCUT2D eigenvalue weighted by molar-refractivity contribution is -0.158. The summed E-state index contributed by atoms with van der Waals surface area (Å²) in [6.45, 7) is 4.98. The monoisotopic (exact) mass is 437 g/mol. The Bertz CT molecular complexity index is 888. The van der Waals surface area contributed by atoms with Gasteiger partial charge in [-0.2, -0.15) is 0 Å². The molecule has 0 aromatic carbocycles. The molecule has 0 N–H and O–H groups in total. The van der Waals surface area contributed by atoms with Crippen LogP contribution in [0, 0.1) is 34.5 Å². The minimum absolute atomic E-state index is 0.230. The van der Waals surface area contributed by atoms with E-state index in [9.17, 15) is 9.59 Å². The summed E-state index contributed by atoms with van der Waals surface area (Å²) in [4.78, 5) is 33.5. The van der Waals surface area contributed by atoms with Crippen molar-refractivity contribution in [1.82, 2.24) is 9.88 Å². The van der Waals surface area contributed by atoms with Crippen LogP contribution in [-0.2, 0) is 9.59 Å². The van der Waals surface area contributed by atoms with Crippen LogP contribution in [-0.4, -0.2) is 41.8 Å². The van der Waals surface area contributed by atoms with Crippen LogP contribution < -0.4 is 4.90 Å². The summed E-state index contributed by atoms with van der Waals surface area (Å²) in [5.41, 5.74) is 1.47. The number of fused-ring (bicyclic) bond motifs is 5. The van der Waals surface area contributed by atoms with Crippen molar-refractivity contribution in [2.45, 2.75) is 77.7 Å². The first-order valence-corrected chi connectivity index (χ1v) is 12.7. The van der Waals surface area contributed by atoms with Gasteiger partial charge in [-0.1, -0.05) is 13.8 Å². The normalized spacial score (nSPS) is 40.9. The molecule has 3 saturated carbocycles. The molecule has 0 spiro atoms. The molecule has 7 atom stereocenters. The van der Waals surface area contributed by atoms with Crippen molar-refractivity contribution in [2.75, 3.05) is 19.0 Å². The van der Waals surface area contributed by atoms with Crippen LogP contribution in [0.4, 0.5) is 5.69 Å². The molecule has 1 saturated heterocycles. The third-order valence-corrected chi connectivity index (χ3v) is 10.6. The van der Waals surface area contributed by atoms with E-state index in [0.717, 1.165) is 36.3 Å². The average molecular weight is 438 g/mol. The van der Waals surface area contributed by atoms with E-state index < -0.39 is 0 Å². The second-order valence-electron chi connectivity index (χ2n) is 11.7. The van der Waals surface area contributed by atoms with Crippen molar-refractivity contribution < 1.29 is 9.59 Å². The van der Waals surface area contributed by atoms with Crippen molar-refractivity contribution in [3.63, 3.8) is 0 Å². The second-order valence-corrected chi connectivity index (χ2v) is 11.7. The van der Waals surface area contributed by atoms with Crippen LogP contribution in [0.3, 0.4) is 0 Å². The maximum atomic E-state index is 13.2.